The number of alkyl halides is 1. The molecule has 2 heterocycles. The van der Waals surface area contributed by atoms with Gasteiger partial charge >= 0.3 is 6.09 Å². The molecule has 10 heteroatoms. The van der Waals surface area contributed by atoms with Gasteiger partial charge in [0.25, 0.3) is 0 Å². The lowest BCUT2D eigenvalue weighted by molar-refractivity contribution is -0.131. The van der Waals surface area contributed by atoms with E-state index in [-0.39, 0.29) is 43.0 Å². The Morgan fingerprint density at radius 3 is 2.50 bits per heavy atom. The van der Waals surface area contributed by atoms with Gasteiger partial charge in [-0.1, -0.05) is 18.2 Å². The van der Waals surface area contributed by atoms with Gasteiger partial charge in [-0.05, 0) is 45.7 Å². The van der Waals surface area contributed by atoms with Crippen LogP contribution in [0.3, 0.4) is 0 Å². The molecule has 2 fully saturated rings. The van der Waals surface area contributed by atoms with Gasteiger partial charge in [0.15, 0.2) is 5.78 Å². The van der Waals surface area contributed by atoms with Gasteiger partial charge in [0, 0.05) is 37.8 Å². The third-order valence-electron chi connectivity index (χ3n) is 5.95. The fourth-order valence-electron chi connectivity index (χ4n) is 4.21. The molecular weight excluding hydrogens is 460 g/mol. The molecule has 2 aliphatic rings. The smallest absolute Gasteiger partial charge is 0.411 e. The van der Waals surface area contributed by atoms with Crippen molar-refractivity contribution in [2.45, 2.75) is 51.3 Å². The summed E-state index contributed by atoms with van der Waals surface area (Å²) >= 11 is 5.80. The van der Waals surface area contributed by atoms with Crippen LogP contribution >= 0.6 is 11.6 Å². The fraction of sp³-hybridized carbons (Fsp3) is 0.583. The van der Waals surface area contributed by atoms with E-state index in [0.717, 1.165) is 5.69 Å². The summed E-state index contributed by atoms with van der Waals surface area (Å²) in [5.74, 6) is -1.63. The second-order valence-electron chi connectivity index (χ2n) is 9.64. The molecule has 0 spiro atoms. The van der Waals surface area contributed by atoms with Crippen LogP contribution in [0.25, 0.3) is 0 Å². The van der Waals surface area contributed by atoms with E-state index >= 15 is 0 Å². The van der Waals surface area contributed by atoms with Gasteiger partial charge in [-0.25, -0.2) is 4.79 Å². The number of rotatable bonds is 7. The van der Waals surface area contributed by atoms with Gasteiger partial charge in [-0.3, -0.25) is 19.3 Å². The highest BCUT2D eigenvalue weighted by molar-refractivity contribution is 6.28. The van der Waals surface area contributed by atoms with Crippen molar-refractivity contribution in [3.05, 3.63) is 30.3 Å². The molecule has 2 N–H and O–H groups in total. The average molecular weight is 493 g/mol. The Balaban J connectivity index is 1.80. The molecule has 3 rings (SSSR count). The Hall–Kier alpha value is -2.81. The third kappa shape index (κ3) is 6.62. The summed E-state index contributed by atoms with van der Waals surface area (Å²) in [5, 5.41) is 5.52. The van der Waals surface area contributed by atoms with Crippen molar-refractivity contribution in [2.75, 3.05) is 37.0 Å². The van der Waals surface area contributed by atoms with E-state index in [2.05, 4.69) is 10.6 Å². The minimum absolute atomic E-state index is 0.134. The Morgan fingerprint density at radius 2 is 1.91 bits per heavy atom. The van der Waals surface area contributed by atoms with Crippen LogP contribution in [-0.2, 0) is 19.1 Å². The zero-order valence-electron chi connectivity index (χ0n) is 19.9. The number of nitrogens with one attached hydrogen (secondary N) is 2. The SMILES string of the molecule is CC(C)(C)OC(=O)N1CCN(c2ccccc2)C[C@H]1C(=O)N[C@@H](C[C@@H]1CCNC1=O)C(=O)CCl. The van der Waals surface area contributed by atoms with Gasteiger partial charge in [0.1, 0.15) is 11.6 Å². The number of carbonyl (C=O) groups is 4. The van der Waals surface area contributed by atoms with Crippen molar-refractivity contribution in [1.82, 2.24) is 15.5 Å². The Bertz CT molecular complexity index is 904. The highest BCUT2D eigenvalue weighted by atomic mass is 35.5. The zero-order valence-corrected chi connectivity index (χ0v) is 20.6. The predicted octanol–water partition coefficient (Wildman–Crippen LogP) is 1.93. The highest BCUT2D eigenvalue weighted by Gasteiger charge is 2.39. The molecule has 0 saturated carbocycles. The van der Waals surface area contributed by atoms with Crippen LogP contribution in [0, 0.1) is 5.92 Å². The number of anilines is 1. The monoisotopic (exact) mass is 492 g/mol. The number of amides is 3. The number of ether oxygens (including phenoxy) is 1. The molecule has 34 heavy (non-hydrogen) atoms. The molecule has 0 bridgehead atoms. The second kappa shape index (κ2) is 11.1. The standard InChI is InChI=1S/C24H33ClN4O5/c1-24(2,3)34-23(33)29-12-11-28(17-7-5-4-6-8-17)15-19(29)22(32)27-18(20(30)14-25)13-16-9-10-26-21(16)31/h4-8,16,18-19H,9-15H2,1-3H3,(H,26,31)(H,27,32)/t16-,18-,19-/m0/s1. The number of para-hydroxylation sites is 1. The summed E-state index contributed by atoms with van der Waals surface area (Å²) in [6.07, 6.45) is 0.177. The Kier molecular flexibility index (Phi) is 8.41. The number of halogens is 1. The average Bonchev–Trinajstić information content (AvgIpc) is 3.21. The van der Waals surface area contributed by atoms with Crippen molar-refractivity contribution in [1.29, 1.82) is 0 Å². The van der Waals surface area contributed by atoms with Crippen molar-refractivity contribution < 1.29 is 23.9 Å². The maximum atomic E-state index is 13.5. The number of Topliss-reactive ketones (excluding diaryl/α,β-unsaturated/α-hetero) is 1. The first-order valence-electron chi connectivity index (χ1n) is 11.6. The van der Waals surface area contributed by atoms with E-state index in [1.54, 1.807) is 20.8 Å². The molecule has 2 saturated heterocycles. The summed E-state index contributed by atoms with van der Waals surface area (Å²) in [6, 6.07) is 7.82. The highest BCUT2D eigenvalue weighted by Crippen LogP contribution is 2.22. The first-order chi connectivity index (χ1) is 16.1. The van der Waals surface area contributed by atoms with Crippen molar-refractivity contribution in [2.24, 2.45) is 5.92 Å². The summed E-state index contributed by atoms with van der Waals surface area (Å²) < 4.78 is 5.54. The molecule has 3 amide bonds. The van der Waals surface area contributed by atoms with Gasteiger partial charge < -0.3 is 20.3 Å². The summed E-state index contributed by atoms with van der Waals surface area (Å²) in [7, 11) is 0. The number of ketones is 1. The Labute approximate surface area is 205 Å². The molecule has 0 aromatic heterocycles. The minimum atomic E-state index is -0.911. The molecule has 9 nitrogen and oxygen atoms in total. The number of benzene rings is 1. The van der Waals surface area contributed by atoms with Crippen molar-refractivity contribution in [3.63, 3.8) is 0 Å². The van der Waals surface area contributed by atoms with Crippen LogP contribution in [0.15, 0.2) is 30.3 Å². The molecular formula is C24H33ClN4O5. The number of piperazine rings is 1. The van der Waals surface area contributed by atoms with Gasteiger partial charge in [0.05, 0.1) is 11.9 Å². The van der Waals surface area contributed by atoms with Gasteiger partial charge in [-0.15, -0.1) is 11.6 Å². The lowest BCUT2D eigenvalue weighted by atomic mass is 9.95. The van der Waals surface area contributed by atoms with E-state index in [1.807, 2.05) is 35.2 Å². The lowest BCUT2D eigenvalue weighted by Gasteiger charge is -2.42. The first kappa shape index (κ1) is 25.8. The van der Waals surface area contributed by atoms with Crippen LogP contribution in [0.2, 0.25) is 0 Å². The topological polar surface area (TPSA) is 108 Å². The molecule has 1 aromatic carbocycles. The molecule has 0 unspecified atom stereocenters. The van der Waals surface area contributed by atoms with Gasteiger partial charge in [-0.2, -0.15) is 0 Å². The summed E-state index contributed by atoms with van der Waals surface area (Å²) in [6.45, 7) is 6.88. The normalized spacial score (nSPS) is 21.6. The first-order valence-corrected chi connectivity index (χ1v) is 12.1. The number of carbonyl (C=O) groups excluding carboxylic acids is 4. The van der Waals surface area contributed by atoms with E-state index in [1.165, 1.54) is 4.90 Å². The van der Waals surface area contributed by atoms with E-state index in [4.69, 9.17) is 16.3 Å². The maximum absolute atomic E-state index is 13.5. The number of hydrogen-bond donors (Lipinski definition) is 2. The van der Waals surface area contributed by atoms with E-state index in [9.17, 15) is 19.2 Å². The molecule has 1 aromatic rings. The van der Waals surface area contributed by atoms with E-state index in [0.29, 0.717) is 19.5 Å². The molecule has 0 aliphatic carbocycles. The van der Waals surface area contributed by atoms with Crippen molar-refractivity contribution >= 4 is 41.0 Å². The van der Waals surface area contributed by atoms with Crippen LogP contribution in [-0.4, -0.2) is 78.3 Å². The van der Waals surface area contributed by atoms with Crippen molar-refractivity contribution in [3.8, 4) is 0 Å². The van der Waals surface area contributed by atoms with Gasteiger partial charge in [0.2, 0.25) is 11.8 Å². The van der Waals surface area contributed by atoms with Crippen LogP contribution in [0.5, 0.6) is 0 Å². The molecule has 186 valence electrons. The number of hydrogen-bond acceptors (Lipinski definition) is 6. The largest absolute Gasteiger partial charge is 0.444 e. The summed E-state index contributed by atoms with van der Waals surface area (Å²) in [4.78, 5) is 54.4. The van der Waals surface area contributed by atoms with Crippen LogP contribution in [0.4, 0.5) is 10.5 Å². The van der Waals surface area contributed by atoms with Crippen LogP contribution in [0.1, 0.15) is 33.6 Å². The second-order valence-corrected chi connectivity index (χ2v) is 9.91. The molecule has 2 aliphatic heterocycles. The summed E-state index contributed by atoms with van der Waals surface area (Å²) in [5.41, 5.74) is 0.210. The minimum Gasteiger partial charge on any atom is -0.444 e. The molecule has 3 atom stereocenters. The zero-order chi connectivity index (χ0) is 24.9. The fourth-order valence-corrected chi connectivity index (χ4v) is 4.39. The van der Waals surface area contributed by atoms with E-state index < -0.39 is 29.7 Å². The van der Waals surface area contributed by atoms with Crippen LogP contribution < -0.4 is 15.5 Å². The maximum Gasteiger partial charge on any atom is 0.411 e. The Morgan fingerprint density at radius 1 is 1.21 bits per heavy atom. The third-order valence-corrected chi connectivity index (χ3v) is 6.22. The lowest BCUT2D eigenvalue weighted by Crippen LogP contribution is -2.62. The quantitative estimate of drug-likeness (QED) is 0.563. The predicted molar refractivity (Wildman–Crippen MR) is 129 cm³/mol. The molecule has 0 radical (unpaired) electrons. The number of nitrogens with zero attached hydrogens (tertiary/aromatic N) is 2.